The van der Waals surface area contributed by atoms with Crippen molar-refractivity contribution in [3.8, 4) is 22.6 Å². The summed E-state index contributed by atoms with van der Waals surface area (Å²) in [4.78, 5) is 7.04. The van der Waals surface area contributed by atoms with Crippen molar-refractivity contribution in [3.05, 3.63) is 71.7 Å². The van der Waals surface area contributed by atoms with E-state index in [1.807, 2.05) is 48.4 Å². The first-order valence-electron chi connectivity index (χ1n) is 10.5. The molecule has 2 aromatic carbocycles. The van der Waals surface area contributed by atoms with Crippen LogP contribution < -0.4 is 9.47 Å². The van der Waals surface area contributed by atoms with Gasteiger partial charge < -0.3 is 9.47 Å². The minimum absolute atomic E-state index is 0.625. The van der Waals surface area contributed by atoms with E-state index in [4.69, 9.17) is 9.47 Å². The van der Waals surface area contributed by atoms with Gasteiger partial charge >= 0.3 is 0 Å². The molecule has 4 aromatic rings. The topological polar surface area (TPSA) is 52.4 Å². The molecule has 0 radical (unpaired) electrons. The molecule has 5 rings (SSSR count). The highest BCUT2D eigenvalue weighted by Gasteiger charge is 2.21. The minimum Gasteiger partial charge on any atom is -0.493 e. The Kier molecular flexibility index (Phi) is 5.08. The van der Waals surface area contributed by atoms with Gasteiger partial charge in [-0.15, -0.1) is 0 Å². The van der Waals surface area contributed by atoms with Crippen LogP contribution in [0.1, 0.15) is 16.8 Å². The molecule has 2 aromatic heterocycles. The van der Waals surface area contributed by atoms with Gasteiger partial charge in [-0.2, -0.15) is 5.10 Å². The molecule has 1 aliphatic heterocycles. The highest BCUT2D eigenvalue weighted by Crippen LogP contribution is 2.39. The largest absolute Gasteiger partial charge is 0.493 e. The third-order valence-electron chi connectivity index (χ3n) is 6.05. The average molecular weight is 415 g/mol. The van der Waals surface area contributed by atoms with E-state index < -0.39 is 0 Å². The number of pyridine rings is 1. The number of fused-ring (bicyclic) bond motifs is 2. The van der Waals surface area contributed by atoms with Crippen LogP contribution in [0.15, 0.2) is 54.9 Å². The summed E-state index contributed by atoms with van der Waals surface area (Å²) in [5.74, 6) is 1.60. The van der Waals surface area contributed by atoms with Gasteiger partial charge in [0.2, 0.25) is 0 Å². The molecule has 0 saturated heterocycles. The van der Waals surface area contributed by atoms with Gasteiger partial charge in [0.25, 0.3) is 0 Å². The van der Waals surface area contributed by atoms with Crippen molar-refractivity contribution in [2.45, 2.75) is 20.0 Å². The Morgan fingerprint density at radius 1 is 1.10 bits per heavy atom. The van der Waals surface area contributed by atoms with E-state index in [1.165, 1.54) is 11.3 Å². The third kappa shape index (κ3) is 3.75. The summed E-state index contributed by atoms with van der Waals surface area (Å²) < 4.78 is 13.8. The molecule has 0 saturated carbocycles. The van der Waals surface area contributed by atoms with Gasteiger partial charge in [0, 0.05) is 60.6 Å². The molecule has 1 aliphatic rings. The Bertz CT molecular complexity index is 1250. The van der Waals surface area contributed by atoms with Gasteiger partial charge in [0.1, 0.15) is 6.61 Å². The highest BCUT2D eigenvalue weighted by atomic mass is 16.5. The number of aromatic nitrogens is 3. The summed E-state index contributed by atoms with van der Waals surface area (Å²) in [6, 6.07) is 14.6. The average Bonchev–Trinajstić information content (AvgIpc) is 2.99. The maximum Gasteiger partial charge on any atom is 0.165 e. The smallest absolute Gasteiger partial charge is 0.165 e. The Morgan fingerprint density at radius 2 is 1.97 bits per heavy atom. The van der Waals surface area contributed by atoms with E-state index >= 15 is 0 Å². The fraction of sp³-hybridized carbons (Fsp3) is 0.280. The molecule has 0 amide bonds. The summed E-state index contributed by atoms with van der Waals surface area (Å²) in [5, 5.41) is 5.51. The Labute approximate surface area is 182 Å². The molecule has 3 heterocycles. The first-order chi connectivity index (χ1) is 15.1. The quantitative estimate of drug-likeness (QED) is 0.497. The molecule has 0 atom stereocenters. The molecule has 0 aliphatic carbocycles. The summed E-state index contributed by atoms with van der Waals surface area (Å²) in [5.41, 5.74) is 6.71. The molecular formula is C25H26N4O2. The third-order valence-corrected chi connectivity index (χ3v) is 6.05. The molecule has 0 bridgehead atoms. The van der Waals surface area contributed by atoms with E-state index in [-0.39, 0.29) is 0 Å². The number of ether oxygens (including phenoxy) is 2. The van der Waals surface area contributed by atoms with E-state index in [1.54, 1.807) is 7.11 Å². The number of rotatable bonds is 4. The van der Waals surface area contributed by atoms with Crippen molar-refractivity contribution in [3.63, 3.8) is 0 Å². The van der Waals surface area contributed by atoms with Crippen molar-refractivity contribution in [1.82, 2.24) is 19.7 Å². The summed E-state index contributed by atoms with van der Waals surface area (Å²) in [6.45, 7) is 5.21. The molecule has 0 fully saturated rings. The standard InChI is InChI=1S/C25H26N4O2/c1-17-22(14-27-28(17)2)16-29-8-9-31-25-21(15-29)11-19(12-24(25)30-3)20-10-18-6-4-5-7-23(18)26-13-20/h4-7,10-14H,8-9,15-16H2,1-3H3. The predicted molar refractivity (Wildman–Crippen MR) is 121 cm³/mol. The van der Waals surface area contributed by atoms with Crippen LogP contribution in [0, 0.1) is 6.92 Å². The van der Waals surface area contributed by atoms with Crippen molar-refractivity contribution in [2.24, 2.45) is 7.05 Å². The zero-order chi connectivity index (χ0) is 21.4. The lowest BCUT2D eigenvalue weighted by Crippen LogP contribution is -2.25. The molecule has 0 N–H and O–H groups in total. The monoisotopic (exact) mass is 414 g/mol. The summed E-state index contributed by atoms with van der Waals surface area (Å²) in [6.07, 6.45) is 3.89. The van der Waals surface area contributed by atoms with Crippen molar-refractivity contribution in [1.29, 1.82) is 0 Å². The predicted octanol–water partition coefficient (Wildman–Crippen LogP) is 4.35. The molecule has 0 unspecified atom stereocenters. The van der Waals surface area contributed by atoms with Crippen molar-refractivity contribution in [2.75, 3.05) is 20.3 Å². The first kappa shape index (κ1) is 19.6. The van der Waals surface area contributed by atoms with E-state index in [9.17, 15) is 0 Å². The molecule has 6 heteroatoms. The van der Waals surface area contributed by atoms with Crippen molar-refractivity contribution < 1.29 is 9.47 Å². The second kappa shape index (κ2) is 8.04. The Morgan fingerprint density at radius 3 is 2.77 bits per heavy atom. The number of nitrogens with zero attached hydrogens (tertiary/aromatic N) is 4. The van der Waals surface area contributed by atoms with Crippen LogP contribution in [0.5, 0.6) is 11.5 Å². The van der Waals surface area contributed by atoms with Gasteiger partial charge in [0.15, 0.2) is 11.5 Å². The minimum atomic E-state index is 0.625. The van der Waals surface area contributed by atoms with E-state index in [2.05, 4.69) is 40.1 Å². The second-order valence-electron chi connectivity index (χ2n) is 8.02. The zero-order valence-electron chi connectivity index (χ0n) is 18.1. The lowest BCUT2D eigenvalue weighted by molar-refractivity contribution is 0.216. The lowest BCUT2D eigenvalue weighted by atomic mass is 10.0. The van der Waals surface area contributed by atoms with Crippen LogP contribution in [0.2, 0.25) is 0 Å². The van der Waals surface area contributed by atoms with Crippen LogP contribution in [0.25, 0.3) is 22.0 Å². The van der Waals surface area contributed by atoms with E-state index in [0.717, 1.165) is 58.7 Å². The van der Waals surface area contributed by atoms with Crippen LogP contribution >= 0.6 is 0 Å². The maximum atomic E-state index is 6.13. The summed E-state index contributed by atoms with van der Waals surface area (Å²) in [7, 11) is 3.68. The van der Waals surface area contributed by atoms with Gasteiger partial charge in [-0.25, -0.2) is 0 Å². The normalized spacial score (nSPS) is 14.2. The molecule has 0 spiro atoms. The number of hydrogen-bond acceptors (Lipinski definition) is 5. The number of hydrogen-bond donors (Lipinski definition) is 0. The van der Waals surface area contributed by atoms with Gasteiger partial charge in [-0.3, -0.25) is 14.6 Å². The van der Waals surface area contributed by atoms with Gasteiger partial charge in [-0.05, 0) is 36.8 Å². The lowest BCUT2D eigenvalue weighted by Gasteiger charge is -2.19. The van der Waals surface area contributed by atoms with Crippen molar-refractivity contribution >= 4 is 10.9 Å². The number of aryl methyl sites for hydroxylation is 1. The zero-order valence-corrected chi connectivity index (χ0v) is 18.1. The molecular weight excluding hydrogens is 388 g/mol. The Hall–Kier alpha value is -3.38. The van der Waals surface area contributed by atoms with Crippen LogP contribution in [0.4, 0.5) is 0 Å². The molecule has 158 valence electrons. The number of para-hydroxylation sites is 1. The maximum absolute atomic E-state index is 6.13. The van der Waals surface area contributed by atoms with Crippen LogP contribution in [-0.4, -0.2) is 39.9 Å². The van der Waals surface area contributed by atoms with Crippen LogP contribution in [0.3, 0.4) is 0 Å². The van der Waals surface area contributed by atoms with E-state index in [0.29, 0.717) is 6.61 Å². The Balaban J connectivity index is 1.51. The highest BCUT2D eigenvalue weighted by molar-refractivity contribution is 5.84. The number of benzene rings is 2. The fourth-order valence-corrected chi connectivity index (χ4v) is 4.16. The second-order valence-corrected chi connectivity index (χ2v) is 8.02. The fourth-order valence-electron chi connectivity index (χ4n) is 4.16. The summed E-state index contributed by atoms with van der Waals surface area (Å²) >= 11 is 0. The molecule has 6 nitrogen and oxygen atoms in total. The van der Waals surface area contributed by atoms with Gasteiger partial charge in [0.05, 0.1) is 18.8 Å². The van der Waals surface area contributed by atoms with Crippen LogP contribution in [-0.2, 0) is 20.1 Å². The first-order valence-corrected chi connectivity index (χ1v) is 10.5. The SMILES string of the molecule is COc1cc(-c2cnc3ccccc3c2)cc2c1OCCN(Cc1cnn(C)c1C)C2. The van der Waals surface area contributed by atoms with Gasteiger partial charge in [-0.1, -0.05) is 18.2 Å². The molecule has 31 heavy (non-hydrogen) atoms. The number of methoxy groups -OCH3 is 1.